The minimum atomic E-state index is -0.467. The van der Waals surface area contributed by atoms with E-state index >= 15 is 0 Å². The molecule has 0 amide bonds. The zero-order valence-electron chi connectivity index (χ0n) is 15.9. The second kappa shape index (κ2) is 8.19. The summed E-state index contributed by atoms with van der Waals surface area (Å²) in [4.78, 5) is 29.2. The second-order valence-electron chi connectivity index (χ2n) is 6.40. The maximum atomic E-state index is 12.5. The number of nitrogens with two attached hydrogens (primary N) is 1. The number of ether oxygens (including phenoxy) is 2. The smallest absolute Gasteiger partial charge is 0.283 e. The molecule has 2 aromatic rings. The molecule has 28 heavy (non-hydrogen) atoms. The van der Waals surface area contributed by atoms with E-state index in [0.29, 0.717) is 21.6 Å². The fraction of sp³-hybridized carbons (Fsp3) is 0.333. The molecule has 3 rings (SSSR count). The third-order valence-electron chi connectivity index (χ3n) is 3.87. The van der Waals surface area contributed by atoms with Crippen molar-refractivity contribution >= 4 is 45.9 Å². The molecule has 0 unspecified atom stereocenters. The number of nitrogen functional groups attached to an aromatic ring is 1. The van der Waals surface area contributed by atoms with Crippen LogP contribution in [0.2, 0.25) is 0 Å². The van der Waals surface area contributed by atoms with Gasteiger partial charge in [0.2, 0.25) is 4.96 Å². The number of hydrogen-bond acceptors (Lipinski definition) is 9. The molecule has 0 bridgehead atoms. The van der Waals surface area contributed by atoms with E-state index in [0.717, 1.165) is 17.3 Å². The molecular formula is C18H20N4O4S2. The minimum absolute atomic E-state index is 0.115. The summed E-state index contributed by atoms with van der Waals surface area (Å²) in [6.45, 7) is 4.23. The van der Waals surface area contributed by atoms with Crippen molar-refractivity contribution in [2.24, 2.45) is 5.92 Å². The maximum Gasteiger partial charge on any atom is 0.283 e. The molecule has 2 heterocycles. The lowest BCUT2D eigenvalue weighted by molar-refractivity contribution is -0.117. The highest BCUT2D eigenvalue weighted by molar-refractivity contribution is 7.99. The van der Waals surface area contributed by atoms with Crippen molar-refractivity contribution in [3.05, 3.63) is 45.2 Å². The van der Waals surface area contributed by atoms with E-state index in [9.17, 15) is 9.59 Å². The average molecular weight is 421 g/mol. The van der Waals surface area contributed by atoms with Gasteiger partial charge in [-0.2, -0.15) is 9.36 Å². The van der Waals surface area contributed by atoms with Crippen molar-refractivity contribution < 1.29 is 14.3 Å². The Bertz CT molecular complexity index is 1050. The topological polar surface area (TPSA) is 109 Å². The van der Waals surface area contributed by atoms with Gasteiger partial charge in [0.05, 0.1) is 19.8 Å². The molecule has 10 heteroatoms. The fourth-order valence-corrected chi connectivity index (χ4v) is 4.32. The van der Waals surface area contributed by atoms with E-state index in [1.54, 1.807) is 22.2 Å². The molecule has 0 aromatic carbocycles. The first kappa shape index (κ1) is 20.2. The zero-order chi connectivity index (χ0) is 20.4. The van der Waals surface area contributed by atoms with Crippen molar-refractivity contribution in [2.45, 2.75) is 19.0 Å². The summed E-state index contributed by atoms with van der Waals surface area (Å²) in [5.74, 6) is 1.45. The van der Waals surface area contributed by atoms with Crippen LogP contribution >= 0.6 is 23.3 Å². The Kier molecular flexibility index (Phi) is 5.90. The SMILES string of the molecule is COC1=CC(=Cc2c(N)n3c(SCC(C)C)nsc3nc2=O)C=C(OC)C1=O. The number of fused-ring (bicyclic) bond motifs is 1. The van der Waals surface area contributed by atoms with Crippen molar-refractivity contribution in [1.29, 1.82) is 0 Å². The van der Waals surface area contributed by atoms with Crippen LogP contribution in [-0.4, -0.2) is 39.5 Å². The van der Waals surface area contributed by atoms with E-state index < -0.39 is 5.56 Å². The lowest BCUT2D eigenvalue weighted by atomic mass is 10.0. The highest BCUT2D eigenvalue weighted by Gasteiger charge is 2.22. The number of methoxy groups -OCH3 is 2. The quantitative estimate of drug-likeness (QED) is 0.710. The predicted octanol–water partition coefficient (Wildman–Crippen LogP) is 2.51. The van der Waals surface area contributed by atoms with Crippen LogP contribution in [0.25, 0.3) is 11.0 Å². The standard InChI is InChI=1S/C18H20N4O4S2/c1-9(2)8-27-18-21-28-17-20-16(24)11(15(19)22(17)18)5-10-6-12(25-3)14(23)13(7-10)26-4/h5-7,9H,8,19H2,1-4H3. The molecule has 0 aliphatic heterocycles. The number of allylic oxidation sites excluding steroid dienone is 3. The zero-order valence-corrected chi connectivity index (χ0v) is 17.5. The Morgan fingerprint density at radius 1 is 1.25 bits per heavy atom. The predicted molar refractivity (Wildman–Crippen MR) is 110 cm³/mol. The van der Waals surface area contributed by atoms with Crippen LogP contribution in [-0.2, 0) is 14.3 Å². The summed E-state index contributed by atoms with van der Waals surface area (Å²) in [5, 5.41) is 0.693. The van der Waals surface area contributed by atoms with Crippen LogP contribution < -0.4 is 11.3 Å². The van der Waals surface area contributed by atoms with Crippen LogP contribution in [0, 0.1) is 5.92 Å². The summed E-state index contributed by atoms with van der Waals surface area (Å²) in [7, 11) is 2.79. The molecule has 0 saturated heterocycles. The van der Waals surface area contributed by atoms with E-state index in [-0.39, 0.29) is 28.7 Å². The van der Waals surface area contributed by atoms with Gasteiger partial charge >= 0.3 is 0 Å². The molecular weight excluding hydrogens is 400 g/mol. The average Bonchev–Trinajstić information content (AvgIpc) is 3.07. The third-order valence-corrected chi connectivity index (χ3v) is 6.05. The fourth-order valence-electron chi connectivity index (χ4n) is 2.51. The van der Waals surface area contributed by atoms with Crippen molar-refractivity contribution in [3.8, 4) is 0 Å². The first-order valence-corrected chi connectivity index (χ1v) is 10.2. The third kappa shape index (κ3) is 3.83. The summed E-state index contributed by atoms with van der Waals surface area (Å²) < 4.78 is 16.3. The van der Waals surface area contributed by atoms with Gasteiger partial charge in [-0.05, 0) is 29.7 Å². The van der Waals surface area contributed by atoms with Crippen LogP contribution in [0.3, 0.4) is 0 Å². The van der Waals surface area contributed by atoms with Crippen LogP contribution in [0.5, 0.6) is 0 Å². The number of thioether (sulfide) groups is 1. The molecule has 0 spiro atoms. The molecule has 148 valence electrons. The number of aromatic nitrogens is 3. The summed E-state index contributed by atoms with van der Waals surface area (Å²) in [6, 6.07) is 0. The van der Waals surface area contributed by atoms with Gasteiger partial charge in [-0.3, -0.25) is 9.59 Å². The van der Waals surface area contributed by atoms with Crippen LogP contribution in [0.15, 0.2) is 39.2 Å². The van der Waals surface area contributed by atoms with E-state index in [1.807, 2.05) is 0 Å². The highest BCUT2D eigenvalue weighted by atomic mass is 32.2. The minimum Gasteiger partial charge on any atom is -0.492 e. The van der Waals surface area contributed by atoms with Crippen LogP contribution in [0.4, 0.5) is 5.82 Å². The number of rotatable bonds is 6. The first-order valence-electron chi connectivity index (χ1n) is 8.44. The Morgan fingerprint density at radius 3 is 2.46 bits per heavy atom. The number of anilines is 1. The van der Waals surface area contributed by atoms with Gasteiger partial charge in [0.1, 0.15) is 5.82 Å². The van der Waals surface area contributed by atoms with E-state index in [4.69, 9.17) is 15.2 Å². The largest absolute Gasteiger partial charge is 0.492 e. The number of nitrogens with zero attached hydrogens (tertiary/aromatic N) is 3. The van der Waals surface area contributed by atoms with Crippen molar-refractivity contribution in [1.82, 2.24) is 13.8 Å². The highest BCUT2D eigenvalue weighted by Crippen LogP contribution is 2.27. The van der Waals surface area contributed by atoms with Gasteiger partial charge in [0.25, 0.3) is 11.3 Å². The van der Waals surface area contributed by atoms with Gasteiger partial charge in [-0.25, -0.2) is 4.40 Å². The molecule has 2 N–H and O–H groups in total. The van der Waals surface area contributed by atoms with Gasteiger partial charge in [-0.15, -0.1) is 0 Å². The molecule has 0 radical (unpaired) electrons. The van der Waals surface area contributed by atoms with Crippen molar-refractivity contribution in [3.63, 3.8) is 0 Å². The van der Waals surface area contributed by atoms with Gasteiger partial charge in [0, 0.05) is 17.3 Å². The maximum absolute atomic E-state index is 12.5. The Hall–Kier alpha value is -2.59. The Balaban J connectivity index is 2.12. The Labute approximate surface area is 169 Å². The molecule has 0 atom stereocenters. The van der Waals surface area contributed by atoms with Gasteiger partial charge < -0.3 is 15.2 Å². The molecule has 0 fully saturated rings. The van der Waals surface area contributed by atoms with Gasteiger partial charge in [-0.1, -0.05) is 25.6 Å². The lowest BCUT2D eigenvalue weighted by Gasteiger charge is -2.14. The number of Topliss-reactive ketones (excluding diaryl/α,β-unsaturated/α-hetero) is 1. The molecule has 1 aliphatic carbocycles. The number of carbonyl (C=O) groups excluding carboxylic acids is 1. The van der Waals surface area contributed by atoms with E-state index in [2.05, 4.69) is 23.2 Å². The number of hydrogen-bond donors (Lipinski definition) is 1. The Morgan fingerprint density at radius 2 is 1.89 bits per heavy atom. The van der Waals surface area contributed by atoms with Gasteiger partial charge in [0.15, 0.2) is 16.7 Å². The molecule has 1 aliphatic rings. The monoisotopic (exact) mass is 420 g/mol. The summed E-state index contributed by atoms with van der Waals surface area (Å²) in [5.41, 5.74) is 6.60. The lowest BCUT2D eigenvalue weighted by Crippen LogP contribution is -2.17. The second-order valence-corrected chi connectivity index (χ2v) is 8.12. The number of carbonyl (C=O) groups is 1. The van der Waals surface area contributed by atoms with Crippen LogP contribution in [0.1, 0.15) is 19.4 Å². The summed E-state index contributed by atoms with van der Waals surface area (Å²) in [6.07, 6.45) is 4.62. The normalized spacial score (nSPS) is 14.3. The number of ketones is 1. The molecule has 0 saturated carbocycles. The summed E-state index contributed by atoms with van der Waals surface area (Å²) >= 11 is 2.69. The van der Waals surface area contributed by atoms with E-state index in [1.165, 1.54) is 26.4 Å². The first-order chi connectivity index (χ1) is 13.3. The van der Waals surface area contributed by atoms with Crippen molar-refractivity contribution in [2.75, 3.05) is 25.7 Å². The molecule has 8 nitrogen and oxygen atoms in total. The molecule has 2 aromatic heterocycles.